The number of hydrogen-bond donors (Lipinski definition) is 1. The second-order valence-electron chi connectivity index (χ2n) is 5.96. The quantitative estimate of drug-likeness (QED) is 0.779. The molecule has 0 unspecified atom stereocenters. The van der Waals surface area contributed by atoms with E-state index >= 15 is 0 Å². The number of nitrogens with one attached hydrogen (secondary N) is 1. The molecule has 0 aliphatic heterocycles. The average molecular weight is 282 g/mol. The Morgan fingerprint density at radius 2 is 1.95 bits per heavy atom. The van der Waals surface area contributed by atoms with Gasteiger partial charge < -0.3 is 5.32 Å². The van der Waals surface area contributed by atoms with Crippen molar-refractivity contribution in [1.82, 2.24) is 5.32 Å². The Morgan fingerprint density at radius 3 is 2.57 bits per heavy atom. The van der Waals surface area contributed by atoms with Crippen LogP contribution in [0.2, 0.25) is 0 Å². The Bertz CT molecular complexity index is 487. The third kappa shape index (κ3) is 5.02. The van der Waals surface area contributed by atoms with Crippen molar-refractivity contribution in [2.24, 2.45) is 5.92 Å². The summed E-state index contributed by atoms with van der Waals surface area (Å²) in [6.07, 6.45) is 10.3. The maximum atomic E-state index is 8.88. The minimum atomic E-state index is 0.732. The van der Waals surface area contributed by atoms with Crippen LogP contribution in [-0.4, -0.2) is 13.1 Å². The van der Waals surface area contributed by atoms with Crippen molar-refractivity contribution >= 4 is 6.08 Å². The Balaban J connectivity index is 2.11. The first-order chi connectivity index (χ1) is 10.3. The summed E-state index contributed by atoms with van der Waals surface area (Å²) in [6.45, 7) is 4.29. The maximum absolute atomic E-state index is 8.88. The predicted molar refractivity (Wildman–Crippen MR) is 88.9 cm³/mol. The summed E-state index contributed by atoms with van der Waals surface area (Å²) in [5.74, 6) is 0.735. The lowest BCUT2D eigenvalue weighted by Crippen LogP contribution is -2.23. The van der Waals surface area contributed by atoms with E-state index in [0.717, 1.165) is 24.6 Å². The standard InChI is InChI=1S/C19H26N2/c1-2-12-21-15-19(18-6-4-3-5-7-18)13-16-8-10-17(14-20)11-9-16/h8-11,13,18,21H,2-7,12,15H2,1H3/b19-13-. The van der Waals surface area contributed by atoms with E-state index in [9.17, 15) is 0 Å². The molecule has 1 N–H and O–H groups in total. The molecular formula is C19H26N2. The van der Waals surface area contributed by atoms with Gasteiger partial charge >= 0.3 is 0 Å². The highest BCUT2D eigenvalue weighted by molar-refractivity contribution is 5.55. The second kappa shape index (κ2) is 8.64. The average Bonchev–Trinajstić information content (AvgIpc) is 2.55. The van der Waals surface area contributed by atoms with Crippen molar-refractivity contribution in [3.63, 3.8) is 0 Å². The minimum Gasteiger partial charge on any atom is -0.313 e. The van der Waals surface area contributed by atoms with Crippen LogP contribution in [0.3, 0.4) is 0 Å². The Morgan fingerprint density at radius 1 is 1.24 bits per heavy atom. The molecule has 0 bridgehead atoms. The Labute approximate surface area is 128 Å². The van der Waals surface area contributed by atoms with Gasteiger partial charge in [-0.1, -0.05) is 50.0 Å². The van der Waals surface area contributed by atoms with Gasteiger partial charge in [0.2, 0.25) is 0 Å². The number of nitriles is 1. The third-order valence-corrected chi connectivity index (χ3v) is 4.28. The van der Waals surface area contributed by atoms with E-state index in [4.69, 9.17) is 5.26 Å². The van der Waals surface area contributed by atoms with E-state index in [1.54, 1.807) is 0 Å². The number of hydrogen-bond acceptors (Lipinski definition) is 2. The summed E-state index contributed by atoms with van der Waals surface area (Å²) < 4.78 is 0. The van der Waals surface area contributed by atoms with Crippen LogP contribution >= 0.6 is 0 Å². The normalized spacial score (nSPS) is 16.7. The smallest absolute Gasteiger partial charge is 0.0991 e. The minimum absolute atomic E-state index is 0.732. The molecule has 1 fully saturated rings. The van der Waals surface area contributed by atoms with E-state index in [1.165, 1.54) is 49.7 Å². The van der Waals surface area contributed by atoms with Crippen molar-refractivity contribution in [1.29, 1.82) is 5.26 Å². The number of nitrogens with zero attached hydrogens (tertiary/aromatic N) is 1. The van der Waals surface area contributed by atoms with Gasteiger partial charge in [-0.15, -0.1) is 0 Å². The van der Waals surface area contributed by atoms with Gasteiger partial charge in [-0.25, -0.2) is 0 Å². The molecule has 1 saturated carbocycles. The van der Waals surface area contributed by atoms with Crippen molar-refractivity contribution in [3.05, 3.63) is 41.0 Å². The van der Waals surface area contributed by atoms with Crippen LogP contribution in [0.25, 0.3) is 6.08 Å². The van der Waals surface area contributed by atoms with Crippen LogP contribution in [0.1, 0.15) is 56.6 Å². The monoisotopic (exact) mass is 282 g/mol. The van der Waals surface area contributed by atoms with Crippen LogP contribution in [0.4, 0.5) is 0 Å². The SMILES string of the molecule is CCCNC/C(=C/c1ccc(C#N)cc1)C1CCCCC1. The van der Waals surface area contributed by atoms with E-state index in [2.05, 4.69) is 36.5 Å². The molecule has 0 heterocycles. The van der Waals surface area contributed by atoms with E-state index in [1.807, 2.05) is 12.1 Å². The van der Waals surface area contributed by atoms with Crippen molar-refractivity contribution in [2.75, 3.05) is 13.1 Å². The molecule has 1 aromatic rings. The molecule has 2 heteroatoms. The summed E-state index contributed by atoms with van der Waals surface area (Å²) in [5.41, 5.74) is 3.48. The Hall–Kier alpha value is -1.59. The predicted octanol–water partition coefficient (Wildman–Crippen LogP) is 4.52. The maximum Gasteiger partial charge on any atom is 0.0991 e. The van der Waals surface area contributed by atoms with Crippen LogP contribution in [0.5, 0.6) is 0 Å². The summed E-state index contributed by atoms with van der Waals surface area (Å²) in [5, 5.41) is 12.4. The molecule has 1 aromatic carbocycles. The molecule has 1 aliphatic rings. The van der Waals surface area contributed by atoms with Crippen LogP contribution in [0, 0.1) is 17.2 Å². The molecule has 21 heavy (non-hydrogen) atoms. The fourth-order valence-corrected chi connectivity index (χ4v) is 3.06. The highest BCUT2D eigenvalue weighted by atomic mass is 14.8. The molecule has 0 spiro atoms. The zero-order chi connectivity index (χ0) is 14.9. The molecule has 112 valence electrons. The van der Waals surface area contributed by atoms with Gasteiger partial charge in [0.05, 0.1) is 11.6 Å². The summed E-state index contributed by atoms with van der Waals surface area (Å²) >= 11 is 0. The first-order valence-corrected chi connectivity index (χ1v) is 8.25. The fraction of sp³-hybridized carbons (Fsp3) is 0.526. The molecule has 1 aliphatic carbocycles. The molecule has 0 aromatic heterocycles. The van der Waals surface area contributed by atoms with Gasteiger partial charge in [-0.2, -0.15) is 5.26 Å². The number of benzene rings is 1. The molecule has 0 radical (unpaired) electrons. The van der Waals surface area contributed by atoms with Crippen LogP contribution in [-0.2, 0) is 0 Å². The largest absolute Gasteiger partial charge is 0.313 e. The van der Waals surface area contributed by atoms with Crippen molar-refractivity contribution in [2.45, 2.75) is 45.4 Å². The van der Waals surface area contributed by atoms with Gasteiger partial charge in [0, 0.05) is 6.54 Å². The van der Waals surface area contributed by atoms with E-state index in [-0.39, 0.29) is 0 Å². The summed E-state index contributed by atoms with van der Waals surface area (Å²) in [4.78, 5) is 0. The summed E-state index contributed by atoms with van der Waals surface area (Å²) in [6, 6.07) is 10.1. The first-order valence-electron chi connectivity index (χ1n) is 8.25. The molecule has 0 amide bonds. The zero-order valence-electron chi connectivity index (χ0n) is 13.1. The van der Waals surface area contributed by atoms with Gasteiger partial charge in [0.1, 0.15) is 0 Å². The Kier molecular flexibility index (Phi) is 6.50. The van der Waals surface area contributed by atoms with Gasteiger partial charge in [0.15, 0.2) is 0 Å². The first kappa shape index (κ1) is 15.8. The summed E-state index contributed by atoms with van der Waals surface area (Å²) in [7, 11) is 0. The van der Waals surface area contributed by atoms with Crippen LogP contribution < -0.4 is 5.32 Å². The van der Waals surface area contributed by atoms with Gasteiger partial charge in [-0.3, -0.25) is 0 Å². The van der Waals surface area contributed by atoms with Crippen LogP contribution in [0.15, 0.2) is 29.8 Å². The molecule has 0 saturated heterocycles. The lowest BCUT2D eigenvalue weighted by atomic mass is 9.83. The van der Waals surface area contributed by atoms with Crippen molar-refractivity contribution in [3.8, 4) is 6.07 Å². The van der Waals surface area contributed by atoms with E-state index < -0.39 is 0 Å². The molecule has 0 atom stereocenters. The molecule has 2 rings (SSSR count). The second-order valence-corrected chi connectivity index (χ2v) is 5.96. The lowest BCUT2D eigenvalue weighted by Gasteiger charge is -2.25. The number of rotatable bonds is 6. The zero-order valence-corrected chi connectivity index (χ0v) is 13.1. The lowest BCUT2D eigenvalue weighted by molar-refractivity contribution is 0.396. The van der Waals surface area contributed by atoms with Crippen molar-refractivity contribution < 1.29 is 0 Å². The topological polar surface area (TPSA) is 35.8 Å². The highest BCUT2D eigenvalue weighted by Gasteiger charge is 2.17. The van der Waals surface area contributed by atoms with Gasteiger partial charge in [-0.05, 0) is 49.4 Å². The molecular weight excluding hydrogens is 256 g/mol. The highest BCUT2D eigenvalue weighted by Crippen LogP contribution is 2.30. The van der Waals surface area contributed by atoms with E-state index in [0.29, 0.717) is 0 Å². The molecule has 2 nitrogen and oxygen atoms in total. The fourth-order valence-electron chi connectivity index (χ4n) is 3.06. The third-order valence-electron chi connectivity index (χ3n) is 4.28. The van der Waals surface area contributed by atoms with Gasteiger partial charge in [0.25, 0.3) is 0 Å².